The topological polar surface area (TPSA) is 107 Å². The Hall–Kier alpha value is -2.57. The zero-order valence-electron chi connectivity index (χ0n) is 16.0. The van der Waals surface area contributed by atoms with Crippen LogP contribution >= 0.6 is 0 Å². The van der Waals surface area contributed by atoms with Gasteiger partial charge in [0.2, 0.25) is 11.8 Å². The molecule has 1 atom stereocenters. The molecule has 0 aromatic heterocycles. The molecular formula is C21H28N2O5. The normalized spacial score (nSPS) is 22.9. The molecule has 1 aromatic rings. The Morgan fingerprint density at radius 3 is 2.50 bits per heavy atom. The van der Waals surface area contributed by atoms with Crippen molar-refractivity contribution in [1.82, 2.24) is 10.2 Å². The van der Waals surface area contributed by atoms with E-state index in [9.17, 15) is 19.5 Å². The van der Waals surface area contributed by atoms with Crippen LogP contribution in [0.1, 0.15) is 62.8 Å². The van der Waals surface area contributed by atoms with Gasteiger partial charge in [0, 0.05) is 37.9 Å². The number of hydrogen-bond donors (Lipinski definition) is 3. The standard InChI is InChI=1S/C21H28N2O5/c24-17-3-1-2-16(14-17)15-7-12-23(13-8-15)19(26)5-10-21(11-6-20(27)28)9-4-18(25)22-21/h1-3,14-15,24H,4-13H2,(H,22,25)(H,27,28)/t21-/m0/s1. The maximum absolute atomic E-state index is 12.7. The van der Waals surface area contributed by atoms with Crippen molar-refractivity contribution in [2.75, 3.05) is 13.1 Å². The lowest BCUT2D eigenvalue weighted by atomic mass is 9.86. The zero-order valence-corrected chi connectivity index (χ0v) is 16.0. The lowest BCUT2D eigenvalue weighted by Gasteiger charge is -2.34. The molecule has 0 bridgehead atoms. The minimum absolute atomic E-state index is 0.0101. The number of aliphatic carboxylic acids is 1. The maximum atomic E-state index is 12.7. The van der Waals surface area contributed by atoms with Crippen molar-refractivity contribution in [2.45, 2.75) is 62.8 Å². The summed E-state index contributed by atoms with van der Waals surface area (Å²) in [7, 11) is 0. The Morgan fingerprint density at radius 2 is 1.89 bits per heavy atom. The molecule has 2 heterocycles. The van der Waals surface area contributed by atoms with E-state index >= 15 is 0 Å². The highest BCUT2D eigenvalue weighted by molar-refractivity contribution is 5.80. The summed E-state index contributed by atoms with van der Waals surface area (Å²) >= 11 is 0. The Labute approximate surface area is 164 Å². The number of nitrogens with zero attached hydrogens (tertiary/aromatic N) is 1. The number of carboxylic acids is 1. The van der Waals surface area contributed by atoms with E-state index in [1.54, 1.807) is 12.1 Å². The summed E-state index contributed by atoms with van der Waals surface area (Å²) < 4.78 is 0. The third kappa shape index (κ3) is 5.03. The first-order valence-electron chi connectivity index (χ1n) is 9.96. The highest BCUT2D eigenvalue weighted by Crippen LogP contribution is 2.32. The van der Waals surface area contributed by atoms with E-state index in [0.29, 0.717) is 51.1 Å². The average molecular weight is 388 g/mol. The van der Waals surface area contributed by atoms with Crippen LogP contribution in [0.5, 0.6) is 5.75 Å². The van der Waals surface area contributed by atoms with Gasteiger partial charge in [0.15, 0.2) is 0 Å². The second-order valence-electron chi connectivity index (χ2n) is 7.97. The summed E-state index contributed by atoms with van der Waals surface area (Å²) in [6.07, 6.45) is 3.85. The molecule has 2 saturated heterocycles. The molecule has 0 spiro atoms. The van der Waals surface area contributed by atoms with Crippen LogP contribution in [0.3, 0.4) is 0 Å². The number of aromatic hydroxyl groups is 1. The number of phenols is 1. The van der Waals surface area contributed by atoms with Crippen molar-refractivity contribution in [1.29, 1.82) is 0 Å². The average Bonchev–Trinajstić information content (AvgIpc) is 3.06. The van der Waals surface area contributed by atoms with Gasteiger partial charge < -0.3 is 20.4 Å². The van der Waals surface area contributed by atoms with Crippen molar-refractivity contribution in [3.05, 3.63) is 29.8 Å². The van der Waals surface area contributed by atoms with E-state index in [1.165, 1.54) is 0 Å². The van der Waals surface area contributed by atoms with Crippen molar-refractivity contribution in [3.63, 3.8) is 0 Å². The van der Waals surface area contributed by atoms with Gasteiger partial charge in [-0.2, -0.15) is 0 Å². The van der Waals surface area contributed by atoms with Crippen molar-refractivity contribution >= 4 is 17.8 Å². The monoisotopic (exact) mass is 388 g/mol. The molecular weight excluding hydrogens is 360 g/mol. The van der Waals surface area contributed by atoms with E-state index in [4.69, 9.17) is 5.11 Å². The molecule has 0 saturated carbocycles. The number of carboxylic acid groups (broad SMARTS) is 1. The SMILES string of the molecule is O=C(O)CC[C@@]1(CCC(=O)N2CCC(c3cccc(O)c3)CC2)CCC(=O)N1. The van der Waals surface area contributed by atoms with Crippen LogP contribution in [0, 0.1) is 0 Å². The summed E-state index contributed by atoms with van der Waals surface area (Å²) in [5, 5.41) is 21.5. The predicted molar refractivity (Wildman–Crippen MR) is 103 cm³/mol. The lowest BCUT2D eigenvalue weighted by Crippen LogP contribution is -2.44. The number of piperidine rings is 1. The summed E-state index contributed by atoms with van der Waals surface area (Å²) in [6.45, 7) is 1.35. The van der Waals surface area contributed by atoms with Gasteiger partial charge in [-0.05, 0) is 55.7 Å². The largest absolute Gasteiger partial charge is 0.508 e. The molecule has 28 heavy (non-hydrogen) atoms. The fourth-order valence-corrected chi connectivity index (χ4v) is 4.37. The maximum Gasteiger partial charge on any atom is 0.303 e. The van der Waals surface area contributed by atoms with Crippen molar-refractivity contribution < 1.29 is 24.6 Å². The molecule has 152 valence electrons. The van der Waals surface area contributed by atoms with Crippen LogP contribution in [0.4, 0.5) is 0 Å². The third-order valence-electron chi connectivity index (χ3n) is 6.06. The first-order valence-corrected chi connectivity index (χ1v) is 9.96. The Kier molecular flexibility index (Phi) is 6.21. The van der Waals surface area contributed by atoms with Crippen LogP contribution in [-0.4, -0.2) is 51.5 Å². The fourth-order valence-electron chi connectivity index (χ4n) is 4.37. The molecule has 1 aromatic carbocycles. The highest BCUT2D eigenvalue weighted by Gasteiger charge is 2.38. The molecule has 2 fully saturated rings. The van der Waals surface area contributed by atoms with Gasteiger partial charge in [-0.15, -0.1) is 0 Å². The van der Waals surface area contributed by atoms with Gasteiger partial charge in [0.1, 0.15) is 5.75 Å². The molecule has 0 aliphatic carbocycles. The van der Waals surface area contributed by atoms with E-state index in [2.05, 4.69) is 5.32 Å². The number of likely N-dealkylation sites (tertiary alicyclic amines) is 1. The quantitative estimate of drug-likeness (QED) is 0.665. The summed E-state index contributed by atoms with van der Waals surface area (Å²) in [4.78, 5) is 37.1. The summed E-state index contributed by atoms with van der Waals surface area (Å²) in [5.74, 6) is -0.288. The van der Waals surface area contributed by atoms with Crippen LogP contribution < -0.4 is 5.32 Å². The number of phenolic OH excluding ortho intramolecular Hbond substituents is 1. The number of carbonyl (C=O) groups excluding carboxylic acids is 2. The Balaban J connectivity index is 1.51. The predicted octanol–water partition coefficient (Wildman–Crippen LogP) is 2.39. The molecule has 7 nitrogen and oxygen atoms in total. The highest BCUT2D eigenvalue weighted by atomic mass is 16.4. The molecule has 2 aliphatic heterocycles. The second kappa shape index (κ2) is 8.63. The van der Waals surface area contributed by atoms with E-state index in [0.717, 1.165) is 18.4 Å². The summed E-state index contributed by atoms with van der Waals surface area (Å²) in [5.41, 5.74) is 0.541. The van der Waals surface area contributed by atoms with Crippen LogP contribution in [0.15, 0.2) is 24.3 Å². The summed E-state index contributed by atoms with van der Waals surface area (Å²) in [6, 6.07) is 7.30. The Bertz CT molecular complexity index is 742. The zero-order chi connectivity index (χ0) is 20.1. The number of carbonyl (C=O) groups is 3. The number of benzene rings is 1. The lowest BCUT2D eigenvalue weighted by molar-refractivity contribution is -0.137. The smallest absolute Gasteiger partial charge is 0.303 e. The molecule has 3 N–H and O–H groups in total. The molecule has 0 unspecified atom stereocenters. The molecule has 3 rings (SSSR count). The van der Waals surface area contributed by atoms with Crippen molar-refractivity contribution in [3.8, 4) is 5.75 Å². The van der Waals surface area contributed by atoms with Gasteiger partial charge in [0.25, 0.3) is 0 Å². The van der Waals surface area contributed by atoms with Crippen LogP contribution in [0.2, 0.25) is 0 Å². The molecule has 2 aliphatic rings. The van der Waals surface area contributed by atoms with Crippen LogP contribution in [0.25, 0.3) is 0 Å². The van der Waals surface area contributed by atoms with Gasteiger partial charge in [0.05, 0.1) is 0 Å². The third-order valence-corrected chi connectivity index (χ3v) is 6.06. The first kappa shape index (κ1) is 20.2. The minimum Gasteiger partial charge on any atom is -0.508 e. The van der Waals surface area contributed by atoms with Gasteiger partial charge in [-0.25, -0.2) is 0 Å². The fraction of sp³-hybridized carbons (Fsp3) is 0.571. The second-order valence-corrected chi connectivity index (χ2v) is 7.97. The molecule has 2 amide bonds. The van der Waals surface area contributed by atoms with Crippen molar-refractivity contribution in [2.24, 2.45) is 0 Å². The molecule has 0 radical (unpaired) electrons. The number of rotatable bonds is 7. The number of nitrogens with one attached hydrogen (secondary N) is 1. The Morgan fingerprint density at radius 1 is 1.18 bits per heavy atom. The number of amides is 2. The van der Waals surface area contributed by atoms with Gasteiger partial charge >= 0.3 is 5.97 Å². The molecule has 7 heteroatoms. The van der Waals surface area contributed by atoms with E-state index < -0.39 is 11.5 Å². The number of hydrogen-bond acceptors (Lipinski definition) is 4. The first-order chi connectivity index (χ1) is 13.4. The van der Waals surface area contributed by atoms with Gasteiger partial charge in [-0.1, -0.05) is 12.1 Å². The minimum atomic E-state index is -0.888. The van der Waals surface area contributed by atoms with E-state index in [1.807, 2.05) is 17.0 Å². The van der Waals surface area contributed by atoms with Gasteiger partial charge in [-0.3, -0.25) is 14.4 Å². The van der Waals surface area contributed by atoms with E-state index in [-0.39, 0.29) is 24.0 Å². The van der Waals surface area contributed by atoms with Crippen LogP contribution in [-0.2, 0) is 14.4 Å².